The van der Waals surface area contributed by atoms with Gasteiger partial charge in [0.2, 0.25) is 0 Å². The van der Waals surface area contributed by atoms with Crippen LogP contribution in [0.15, 0.2) is 200 Å². The summed E-state index contributed by atoms with van der Waals surface area (Å²) < 4.78 is 20.3. The van der Waals surface area contributed by atoms with Crippen LogP contribution in [0.5, 0.6) is 17.2 Å². The van der Waals surface area contributed by atoms with E-state index >= 15 is 0 Å². The molecule has 3 aliphatic rings. The van der Waals surface area contributed by atoms with Crippen molar-refractivity contribution in [3.05, 3.63) is 234 Å². The summed E-state index contributed by atoms with van der Waals surface area (Å²) in [5.74, 6) is 2.83. The van der Waals surface area contributed by atoms with E-state index in [0.717, 1.165) is 115 Å². The van der Waals surface area contributed by atoms with Crippen molar-refractivity contribution in [1.29, 1.82) is 0 Å². The standard InChI is InChI=1S/C66H69N5O3/c1-7-28-61-52(16-1)22-13-25-55(61)46-69-37-34-67-35-38-70(47-56-26-14-23-53-17-2-8-29-62(53)56)50-59-20-5-11-32-65(59)73-44-41-68(40-43-72-64-31-10-4-19-58(64)49-69)42-45-74-66-33-12-6-21-60(66)51-71(39-36-67)48-57-27-15-24-54-18-3-9-30-63(54)57/h1-33H,34-51H2. The molecule has 12 rings (SSSR count). The number of hydrogen-bond acceptors (Lipinski definition) is 8. The van der Waals surface area contributed by atoms with Gasteiger partial charge in [-0.3, -0.25) is 24.5 Å². The molecule has 9 aromatic carbocycles. The predicted molar refractivity (Wildman–Crippen MR) is 303 cm³/mol. The Morgan fingerprint density at radius 1 is 0.270 bits per heavy atom. The highest BCUT2D eigenvalue weighted by molar-refractivity contribution is 5.87. The Morgan fingerprint density at radius 3 is 0.905 bits per heavy atom. The Morgan fingerprint density at radius 2 is 0.554 bits per heavy atom. The maximum Gasteiger partial charge on any atom is 0.123 e. The maximum absolute atomic E-state index is 6.78. The molecular formula is C66H69N5O3. The summed E-state index contributed by atoms with van der Waals surface area (Å²) in [5.41, 5.74) is 7.65. The van der Waals surface area contributed by atoms with E-state index in [9.17, 15) is 0 Å². The van der Waals surface area contributed by atoms with Gasteiger partial charge in [-0.05, 0) is 67.2 Å². The summed E-state index contributed by atoms with van der Waals surface area (Å²) in [6, 6.07) is 72.8. The second-order valence-corrected chi connectivity index (χ2v) is 20.1. The summed E-state index contributed by atoms with van der Waals surface area (Å²) >= 11 is 0. The average molecular weight is 980 g/mol. The van der Waals surface area contributed by atoms with Crippen molar-refractivity contribution in [3.63, 3.8) is 0 Å². The molecule has 0 atom stereocenters. The Balaban J connectivity index is 0.995. The van der Waals surface area contributed by atoms with Gasteiger partial charge in [-0.2, -0.15) is 0 Å². The maximum atomic E-state index is 6.78. The molecule has 8 heteroatoms. The van der Waals surface area contributed by atoms with Crippen LogP contribution in [0.2, 0.25) is 0 Å². The number of rotatable bonds is 6. The van der Waals surface area contributed by atoms with Crippen LogP contribution in [0.4, 0.5) is 0 Å². The average Bonchev–Trinajstić information content (AvgIpc) is 3.43. The number of para-hydroxylation sites is 3. The highest BCUT2D eigenvalue weighted by Crippen LogP contribution is 2.29. The molecular weight excluding hydrogens is 911 g/mol. The van der Waals surface area contributed by atoms with Gasteiger partial charge in [-0.25, -0.2) is 0 Å². The molecule has 0 saturated carbocycles. The van der Waals surface area contributed by atoms with Crippen molar-refractivity contribution >= 4 is 32.3 Å². The first-order chi connectivity index (χ1) is 36.6. The topological polar surface area (TPSA) is 43.9 Å². The van der Waals surface area contributed by atoms with Crippen LogP contribution in [0.3, 0.4) is 0 Å². The van der Waals surface area contributed by atoms with E-state index in [0.29, 0.717) is 19.8 Å². The van der Waals surface area contributed by atoms with Crippen molar-refractivity contribution in [2.75, 3.05) is 78.7 Å². The monoisotopic (exact) mass is 980 g/mol. The van der Waals surface area contributed by atoms with E-state index in [4.69, 9.17) is 14.2 Å². The third-order valence-electron chi connectivity index (χ3n) is 15.1. The largest absolute Gasteiger partial charge is 0.492 e. The number of benzene rings is 9. The molecule has 0 fully saturated rings. The zero-order valence-electron chi connectivity index (χ0n) is 42.7. The van der Waals surface area contributed by atoms with E-state index < -0.39 is 0 Å². The lowest BCUT2D eigenvalue weighted by molar-refractivity contribution is 0.135. The van der Waals surface area contributed by atoms with Crippen molar-refractivity contribution in [1.82, 2.24) is 24.5 Å². The molecule has 74 heavy (non-hydrogen) atoms. The fourth-order valence-electron chi connectivity index (χ4n) is 11.1. The van der Waals surface area contributed by atoms with E-state index in [-0.39, 0.29) is 0 Å². The smallest absolute Gasteiger partial charge is 0.123 e. The molecule has 0 aromatic heterocycles. The van der Waals surface area contributed by atoms with Crippen LogP contribution in [0.25, 0.3) is 32.3 Å². The lowest BCUT2D eigenvalue weighted by atomic mass is 10.0. The van der Waals surface area contributed by atoms with Crippen LogP contribution >= 0.6 is 0 Å². The van der Waals surface area contributed by atoms with E-state index in [1.807, 2.05) is 0 Å². The van der Waals surface area contributed by atoms with E-state index in [1.165, 1.54) is 65.7 Å². The molecule has 9 aromatic rings. The quantitative estimate of drug-likeness (QED) is 0.163. The van der Waals surface area contributed by atoms with Crippen LogP contribution in [0.1, 0.15) is 33.4 Å². The zero-order chi connectivity index (χ0) is 49.7. The number of hydrogen-bond donors (Lipinski definition) is 0. The molecule has 8 nitrogen and oxygen atoms in total. The van der Waals surface area contributed by atoms with Crippen LogP contribution in [0, 0.1) is 0 Å². The summed E-state index contributed by atoms with van der Waals surface area (Å²) in [7, 11) is 0. The minimum Gasteiger partial charge on any atom is -0.492 e. The molecule has 0 N–H and O–H groups in total. The summed E-state index contributed by atoms with van der Waals surface area (Å²) in [6.07, 6.45) is 0. The molecule has 0 saturated heterocycles. The van der Waals surface area contributed by atoms with Gasteiger partial charge >= 0.3 is 0 Å². The minimum absolute atomic E-state index is 0.549. The molecule has 0 spiro atoms. The first-order valence-corrected chi connectivity index (χ1v) is 26.8. The fourth-order valence-corrected chi connectivity index (χ4v) is 11.1. The van der Waals surface area contributed by atoms with Crippen molar-refractivity contribution < 1.29 is 14.2 Å². The Bertz CT molecular complexity index is 2910. The minimum atomic E-state index is 0.549. The van der Waals surface area contributed by atoms with Crippen LogP contribution in [-0.2, 0) is 39.3 Å². The normalized spacial score (nSPS) is 18.3. The third kappa shape index (κ3) is 12.5. The predicted octanol–water partition coefficient (Wildman–Crippen LogP) is 12.3. The Hall–Kier alpha value is -7.04. The zero-order valence-corrected chi connectivity index (χ0v) is 42.7. The summed E-state index contributed by atoms with van der Waals surface area (Å²) in [6.45, 7) is 14.0. The van der Waals surface area contributed by atoms with Crippen molar-refractivity contribution in [3.8, 4) is 17.2 Å². The Labute approximate surface area is 437 Å². The van der Waals surface area contributed by atoms with Crippen LogP contribution < -0.4 is 14.2 Å². The van der Waals surface area contributed by atoms with E-state index in [1.54, 1.807) is 0 Å². The summed E-state index contributed by atoms with van der Waals surface area (Å²) in [5, 5.41) is 7.76. The van der Waals surface area contributed by atoms with Crippen molar-refractivity contribution in [2.24, 2.45) is 0 Å². The van der Waals surface area contributed by atoms with Gasteiger partial charge in [0, 0.05) is 115 Å². The fraction of sp³-hybridized carbons (Fsp3) is 0.273. The molecule has 3 aliphatic heterocycles. The number of fused-ring (bicyclic) bond motifs is 18. The first kappa shape index (κ1) is 49.2. The van der Waals surface area contributed by atoms with Crippen molar-refractivity contribution in [2.45, 2.75) is 39.3 Å². The van der Waals surface area contributed by atoms with Gasteiger partial charge < -0.3 is 14.2 Å². The molecule has 0 amide bonds. The van der Waals surface area contributed by atoms with Gasteiger partial charge in [-0.15, -0.1) is 0 Å². The summed E-state index contributed by atoms with van der Waals surface area (Å²) in [4.78, 5) is 13.1. The lowest BCUT2D eigenvalue weighted by Crippen LogP contribution is -2.43. The molecule has 0 unspecified atom stereocenters. The van der Waals surface area contributed by atoms with Gasteiger partial charge in [0.15, 0.2) is 0 Å². The molecule has 2 bridgehead atoms. The molecule has 0 aliphatic carbocycles. The highest BCUT2D eigenvalue weighted by atomic mass is 16.5. The number of ether oxygens (including phenoxy) is 3. The third-order valence-corrected chi connectivity index (χ3v) is 15.1. The SMILES string of the molecule is c1ccc2c(c1)CN(Cc1cccc3ccccc13)CCN1CCN(Cc3cccc4ccccc34)Cc3ccccc3OCCN(CCO2)CCOc2ccccc2CN(Cc2cccc3ccccc23)CC1. The second-order valence-electron chi connectivity index (χ2n) is 20.1. The first-order valence-electron chi connectivity index (χ1n) is 26.8. The molecule has 0 radical (unpaired) electrons. The molecule has 376 valence electrons. The second kappa shape index (κ2) is 24.3. The highest BCUT2D eigenvalue weighted by Gasteiger charge is 2.21. The number of nitrogens with zero attached hydrogens (tertiary/aromatic N) is 5. The lowest BCUT2D eigenvalue weighted by Gasteiger charge is -2.33. The molecule has 3 heterocycles. The van der Waals surface area contributed by atoms with Crippen LogP contribution in [-0.4, -0.2) is 103 Å². The Kier molecular flexibility index (Phi) is 16.2. The van der Waals surface area contributed by atoms with Gasteiger partial charge in [-0.1, -0.05) is 182 Å². The van der Waals surface area contributed by atoms with Gasteiger partial charge in [0.25, 0.3) is 0 Å². The van der Waals surface area contributed by atoms with Gasteiger partial charge in [0.05, 0.1) is 0 Å². The van der Waals surface area contributed by atoms with E-state index in [2.05, 4.69) is 225 Å². The van der Waals surface area contributed by atoms with Gasteiger partial charge in [0.1, 0.15) is 37.1 Å².